The number of carbonyl (C=O) groups is 3. The minimum absolute atomic E-state index is 0.0220. The van der Waals surface area contributed by atoms with Crippen molar-refractivity contribution in [3.05, 3.63) is 0 Å². The summed E-state index contributed by atoms with van der Waals surface area (Å²) in [5.74, 6) is -0.297. The molecule has 0 saturated heterocycles. The second kappa shape index (κ2) is 29.1. The SMILES string of the molecule is CCCCCCCCCCCC(=O)OCCC(CCOC(=O)CCCCCCCCCCC)NCC=O. The van der Waals surface area contributed by atoms with Crippen LogP contribution in [0.2, 0.25) is 0 Å². The van der Waals surface area contributed by atoms with Gasteiger partial charge in [0, 0.05) is 18.9 Å². The Morgan fingerprint density at radius 2 is 0.946 bits per heavy atom. The number of ether oxygens (including phenoxy) is 2. The lowest BCUT2D eigenvalue weighted by molar-refractivity contribution is -0.144. The first-order valence-corrected chi connectivity index (χ1v) is 15.6. The number of hydrogen-bond acceptors (Lipinski definition) is 6. The van der Waals surface area contributed by atoms with Gasteiger partial charge in [-0.1, -0.05) is 117 Å². The van der Waals surface area contributed by atoms with E-state index in [9.17, 15) is 14.4 Å². The van der Waals surface area contributed by atoms with Crippen molar-refractivity contribution in [2.45, 2.75) is 161 Å². The molecule has 0 radical (unpaired) electrons. The molecule has 0 unspecified atom stereocenters. The average molecular weight is 526 g/mol. The van der Waals surface area contributed by atoms with Crippen LogP contribution in [0.1, 0.15) is 155 Å². The zero-order valence-electron chi connectivity index (χ0n) is 24.4. The lowest BCUT2D eigenvalue weighted by Crippen LogP contribution is -2.33. The maximum absolute atomic E-state index is 12.0. The quantitative estimate of drug-likeness (QED) is 0.0608. The smallest absolute Gasteiger partial charge is 0.305 e. The van der Waals surface area contributed by atoms with Crippen molar-refractivity contribution in [3.63, 3.8) is 0 Å². The summed E-state index contributed by atoms with van der Waals surface area (Å²) in [5.41, 5.74) is 0. The van der Waals surface area contributed by atoms with Crippen molar-refractivity contribution >= 4 is 18.2 Å². The molecule has 0 bridgehead atoms. The van der Waals surface area contributed by atoms with Crippen molar-refractivity contribution in [2.24, 2.45) is 0 Å². The summed E-state index contributed by atoms with van der Waals surface area (Å²) >= 11 is 0. The van der Waals surface area contributed by atoms with Crippen molar-refractivity contribution in [3.8, 4) is 0 Å². The van der Waals surface area contributed by atoms with Gasteiger partial charge in [-0.3, -0.25) is 9.59 Å². The van der Waals surface area contributed by atoms with Crippen molar-refractivity contribution in [2.75, 3.05) is 19.8 Å². The van der Waals surface area contributed by atoms with Crippen LogP contribution in [0.4, 0.5) is 0 Å². The van der Waals surface area contributed by atoms with Crippen LogP contribution < -0.4 is 5.32 Å². The number of hydrogen-bond donors (Lipinski definition) is 1. The molecule has 0 aromatic carbocycles. The van der Waals surface area contributed by atoms with Gasteiger partial charge in [0.1, 0.15) is 6.29 Å². The topological polar surface area (TPSA) is 81.7 Å². The third kappa shape index (κ3) is 27.4. The Balaban J connectivity index is 3.78. The highest BCUT2D eigenvalue weighted by molar-refractivity contribution is 5.69. The van der Waals surface area contributed by atoms with Crippen LogP contribution in [0.5, 0.6) is 0 Å². The number of aldehydes is 1. The predicted molar refractivity (Wildman–Crippen MR) is 153 cm³/mol. The minimum atomic E-state index is -0.149. The number of carbonyl (C=O) groups excluding carboxylic acids is 3. The Bertz CT molecular complexity index is 486. The molecular weight excluding hydrogens is 466 g/mol. The van der Waals surface area contributed by atoms with Gasteiger partial charge in [0.05, 0.1) is 19.8 Å². The van der Waals surface area contributed by atoms with Gasteiger partial charge in [-0.2, -0.15) is 0 Å². The Kier molecular flexibility index (Phi) is 28.0. The van der Waals surface area contributed by atoms with E-state index in [2.05, 4.69) is 19.2 Å². The highest BCUT2D eigenvalue weighted by Crippen LogP contribution is 2.12. The zero-order chi connectivity index (χ0) is 27.2. The summed E-state index contributed by atoms with van der Waals surface area (Å²) < 4.78 is 10.8. The number of unbranched alkanes of at least 4 members (excludes halogenated alkanes) is 16. The molecule has 0 aromatic heterocycles. The van der Waals surface area contributed by atoms with E-state index in [0.717, 1.165) is 32.0 Å². The molecule has 0 spiro atoms. The number of rotatable bonds is 29. The van der Waals surface area contributed by atoms with Crippen LogP contribution in [0.15, 0.2) is 0 Å². The van der Waals surface area contributed by atoms with E-state index in [1.54, 1.807) is 0 Å². The summed E-state index contributed by atoms with van der Waals surface area (Å²) in [7, 11) is 0. The van der Waals surface area contributed by atoms with Crippen LogP contribution in [0.25, 0.3) is 0 Å². The first-order chi connectivity index (χ1) is 18.1. The molecule has 0 amide bonds. The van der Waals surface area contributed by atoms with E-state index < -0.39 is 0 Å². The van der Waals surface area contributed by atoms with Gasteiger partial charge in [0.25, 0.3) is 0 Å². The lowest BCUT2D eigenvalue weighted by atomic mass is 10.1. The van der Waals surface area contributed by atoms with Crippen LogP contribution in [-0.4, -0.2) is 44.0 Å². The van der Waals surface area contributed by atoms with Crippen LogP contribution >= 0.6 is 0 Å². The highest BCUT2D eigenvalue weighted by atomic mass is 16.5. The fraction of sp³-hybridized carbons (Fsp3) is 0.903. The maximum Gasteiger partial charge on any atom is 0.305 e. The van der Waals surface area contributed by atoms with E-state index in [0.29, 0.717) is 38.9 Å². The monoisotopic (exact) mass is 525 g/mol. The van der Waals surface area contributed by atoms with Gasteiger partial charge in [-0.15, -0.1) is 0 Å². The third-order valence-electron chi connectivity index (χ3n) is 6.92. The van der Waals surface area contributed by atoms with Crippen molar-refractivity contribution in [1.82, 2.24) is 5.32 Å². The minimum Gasteiger partial charge on any atom is -0.466 e. The van der Waals surface area contributed by atoms with Crippen LogP contribution in [0, 0.1) is 0 Å². The number of nitrogens with one attached hydrogen (secondary N) is 1. The molecule has 0 heterocycles. The van der Waals surface area contributed by atoms with E-state index in [1.807, 2.05) is 0 Å². The maximum atomic E-state index is 12.0. The zero-order valence-corrected chi connectivity index (χ0v) is 24.4. The fourth-order valence-corrected chi connectivity index (χ4v) is 4.50. The molecule has 6 heteroatoms. The van der Waals surface area contributed by atoms with E-state index in [4.69, 9.17) is 9.47 Å². The predicted octanol–water partition coefficient (Wildman–Crippen LogP) is 7.85. The standard InChI is InChI=1S/C31H59NO5/c1-3-5-7-9-11-13-15-17-19-21-30(34)36-27-23-29(32-25-26-33)24-28-37-31(35)22-20-18-16-14-12-10-8-6-4-2/h26,29,32H,3-25,27-28H2,1-2H3. The van der Waals surface area contributed by atoms with Crippen LogP contribution in [0.3, 0.4) is 0 Å². The normalized spacial score (nSPS) is 11.1. The molecule has 0 atom stereocenters. The largest absolute Gasteiger partial charge is 0.466 e. The third-order valence-corrected chi connectivity index (χ3v) is 6.92. The number of esters is 2. The Morgan fingerprint density at radius 1 is 0.595 bits per heavy atom. The summed E-state index contributed by atoms with van der Waals surface area (Å²) in [4.78, 5) is 34.8. The molecule has 0 aliphatic heterocycles. The molecule has 0 aliphatic carbocycles. The summed E-state index contributed by atoms with van der Waals surface area (Å²) in [6.07, 6.45) is 25.0. The first kappa shape index (κ1) is 35.6. The fourth-order valence-electron chi connectivity index (χ4n) is 4.50. The molecule has 37 heavy (non-hydrogen) atoms. The average Bonchev–Trinajstić information content (AvgIpc) is 2.89. The molecular formula is C31H59NO5. The van der Waals surface area contributed by atoms with Crippen molar-refractivity contribution in [1.29, 1.82) is 0 Å². The van der Waals surface area contributed by atoms with Gasteiger partial charge in [-0.05, 0) is 25.7 Å². The van der Waals surface area contributed by atoms with Gasteiger partial charge in [0.2, 0.25) is 0 Å². The van der Waals surface area contributed by atoms with E-state index in [-0.39, 0.29) is 24.5 Å². The summed E-state index contributed by atoms with van der Waals surface area (Å²) in [5, 5.41) is 3.14. The second-order valence-corrected chi connectivity index (χ2v) is 10.4. The molecule has 0 aliphatic rings. The van der Waals surface area contributed by atoms with Gasteiger partial charge in [-0.25, -0.2) is 0 Å². The van der Waals surface area contributed by atoms with Gasteiger partial charge < -0.3 is 19.6 Å². The Labute approximate surface area is 228 Å². The first-order valence-electron chi connectivity index (χ1n) is 15.6. The van der Waals surface area contributed by atoms with E-state index >= 15 is 0 Å². The molecule has 0 rings (SSSR count). The van der Waals surface area contributed by atoms with E-state index in [1.165, 1.54) is 89.9 Å². The second-order valence-electron chi connectivity index (χ2n) is 10.4. The summed E-state index contributed by atoms with van der Waals surface area (Å²) in [6.45, 7) is 5.35. The molecule has 0 saturated carbocycles. The molecule has 0 fully saturated rings. The van der Waals surface area contributed by atoms with Crippen molar-refractivity contribution < 1.29 is 23.9 Å². The van der Waals surface area contributed by atoms with Crippen LogP contribution in [-0.2, 0) is 23.9 Å². The molecule has 6 nitrogen and oxygen atoms in total. The lowest BCUT2D eigenvalue weighted by Gasteiger charge is -2.17. The molecule has 218 valence electrons. The molecule has 1 N–H and O–H groups in total. The highest BCUT2D eigenvalue weighted by Gasteiger charge is 2.12. The van der Waals surface area contributed by atoms with Gasteiger partial charge in [0.15, 0.2) is 0 Å². The Morgan fingerprint density at radius 3 is 1.30 bits per heavy atom. The van der Waals surface area contributed by atoms with Gasteiger partial charge >= 0.3 is 11.9 Å². The molecule has 0 aromatic rings. The summed E-state index contributed by atoms with van der Waals surface area (Å²) in [6, 6.07) is -0.0220. The Hall–Kier alpha value is -1.43.